The molecule has 0 bridgehead atoms. The van der Waals surface area contributed by atoms with E-state index < -0.39 is 0 Å². The molecule has 0 aromatic carbocycles. The molecule has 0 fully saturated rings. The molecule has 4 heteroatoms. The smallest absolute Gasteiger partial charge is 0.185 e. The van der Waals surface area contributed by atoms with Crippen LogP contribution >= 0.6 is 0 Å². The molecule has 1 atom stereocenters. The molecule has 0 saturated carbocycles. The third-order valence-corrected chi connectivity index (χ3v) is 2.04. The fourth-order valence-electron chi connectivity index (χ4n) is 1.40. The minimum Gasteiger partial charge on any atom is -1.00 e. The third kappa shape index (κ3) is 2.59. The van der Waals surface area contributed by atoms with E-state index in [1.54, 1.807) is 0 Å². The maximum Gasteiger partial charge on any atom is 0.185 e. The normalized spacial score (nSPS) is 26.8. The number of nitrogens with zero attached hydrogens (tertiary/aromatic N) is 2. The third-order valence-electron chi connectivity index (χ3n) is 2.04. The average Bonchev–Trinajstić information content (AvgIpc) is 2.39. The van der Waals surface area contributed by atoms with Gasteiger partial charge in [-0.1, -0.05) is 6.58 Å². The Hall–Kier alpha value is -0.380. The van der Waals surface area contributed by atoms with Crippen molar-refractivity contribution in [2.24, 2.45) is 4.99 Å². The lowest BCUT2D eigenvalue weighted by Gasteiger charge is -2.27. The number of aliphatic imine (C=N–C) groups is 1. The topological polar surface area (TPSA) is 32.6 Å². The van der Waals surface area contributed by atoms with Crippen molar-refractivity contribution in [2.75, 3.05) is 32.8 Å². The van der Waals surface area contributed by atoms with Crippen LogP contribution in [-0.4, -0.2) is 48.7 Å². The molecular formula is C8H15ClN2O. The van der Waals surface area contributed by atoms with Crippen molar-refractivity contribution in [2.45, 2.75) is 0 Å². The zero-order valence-corrected chi connectivity index (χ0v) is 7.87. The Kier molecular flexibility index (Phi) is 5.13. The Morgan fingerprint density at radius 3 is 2.83 bits per heavy atom. The van der Waals surface area contributed by atoms with Gasteiger partial charge in [-0.15, -0.1) is 0 Å². The highest BCUT2D eigenvalue weighted by Crippen LogP contribution is 2.07. The predicted molar refractivity (Wildman–Crippen MR) is 45.5 cm³/mol. The van der Waals surface area contributed by atoms with Crippen LogP contribution in [0, 0.1) is 0 Å². The van der Waals surface area contributed by atoms with Gasteiger partial charge in [-0.05, 0) is 6.08 Å². The van der Waals surface area contributed by atoms with Gasteiger partial charge in [-0.3, -0.25) is 4.48 Å². The summed E-state index contributed by atoms with van der Waals surface area (Å²) in [6.07, 6.45) is 3.81. The predicted octanol–water partition coefficient (Wildman–Crippen LogP) is -2.97. The van der Waals surface area contributed by atoms with Crippen molar-refractivity contribution >= 4 is 6.34 Å². The quantitative estimate of drug-likeness (QED) is 0.373. The fourth-order valence-corrected chi connectivity index (χ4v) is 1.40. The molecule has 0 aliphatic carbocycles. The first kappa shape index (κ1) is 11.6. The van der Waals surface area contributed by atoms with Gasteiger partial charge in [-0.2, -0.15) is 0 Å². The molecular weight excluding hydrogens is 176 g/mol. The summed E-state index contributed by atoms with van der Waals surface area (Å²) in [7, 11) is 0. The molecule has 0 aromatic heterocycles. The second kappa shape index (κ2) is 5.30. The maximum atomic E-state index is 8.81. The van der Waals surface area contributed by atoms with Crippen LogP contribution in [0.3, 0.4) is 0 Å². The highest BCUT2D eigenvalue weighted by molar-refractivity contribution is 5.48. The highest BCUT2D eigenvalue weighted by atomic mass is 35.5. The lowest BCUT2D eigenvalue weighted by atomic mass is 10.4. The van der Waals surface area contributed by atoms with Gasteiger partial charge >= 0.3 is 0 Å². The van der Waals surface area contributed by atoms with E-state index >= 15 is 0 Å². The van der Waals surface area contributed by atoms with Gasteiger partial charge < -0.3 is 17.5 Å². The second-order valence-electron chi connectivity index (χ2n) is 2.88. The van der Waals surface area contributed by atoms with Crippen molar-refractivity contribution in [3.8, 4) is 0 Å². The Bertz CT molecular complexity index is 172. The number of hydrogen-bond acceptors (Lipinski definition) is 2. The summed E-state index contributed by atoms with van der Waals surface area (Å²) in [5.74, 6) is 0. The van der Waals surface area contributed by atoms with E-state index in [0.29, 0.717) is 0 Å². The van der Waals surface area contributed by atoms with E-state index in [1.807, 2.05) is 12.4 Å². The van der Waals surface area contributed by atoms with Crippen LogP contribution in [0.1, 0.15) is 0 Å². The van der Waals surface area contributed by atoms with E-state index in [2.05, 4.69) is 11.6 Å². The van der Waals surface area contributed by atoms with Crippen LogP contribution in [0.15, 0.2) is 17.6 Å². The van der Waals surface area contributed by atoms with Gasteiger partial charge in [0.05, 0.1) is 13.2 Å². The van der Waals surface area contributed by atoms with Gasteiger partial charge in [0.2, 0.25) is 0 Å². The Morgan fingerprint density at radius 2 is 2.42 bits per heavy atom. The van der Waals surface area contributed by atoms with Crippen LogP contribution in [0.5, 0.6) is 0 Å². The van der Waals surface area contributed by atoms with Gasteiger partial charge in [0.15, 0.2) is 6.34 Å². The molecule has 1 unspecified atom stereocenters. The molecule has 70 valence electrons. The monoisotopic (exact) mass is 190 g/mol. The molecule has 1 aliphatic heterocycles. The van der Waals surface area contributed by atoms with E-state index in [1.165, 1.54) is 0 Å². The molecule has 0 radical (unpaired) electrons. The number of quaternary nitrogens is 1. The van der Waals surface area contributed by atoms with E-state index in [-0.39, 0.29) is 19.0 Å². The maximum absolute atomic E-state index is 8.81. The Labute approximate surface area is 79.4 Å². The number of rotatable bonds is 4. The van der Waals surface area contributed by atoms with Gasteiger partial charge in [-0.25, -0.2) is 4.99 Å². The molecule has 3 nitrogen and oxygen atoms in total. The van der Waals surface area contributed by atoms with E-state index in [9.17, 15) is 0 Å². The number of aliphatic hydroxyl groups is 1. The minimum absolute atomic E-state index is 0. The molecule has 1 N–H and O–H groups in total. The van der Waals surface area contributed by atoms with Crippen molar-refractivity contribution in [1.29, 1.82) is 0 Å². The molecule has 1 aliphatic rings. The van der Waals surface area contributed by atoms with Crippen molar-refractivity contribution < 1.29 is 22.0 Å². The largest absolute Gasteiger partial charge is 1.00 e. The van der Waals surface area contributed by atoms with Crippen LogP contribution in [-0.2, 0) is 0 Å². The van der Waals surface area contributed by atoms with Crippen LogP contribution in [0.25, 0.3) is 0 Å². The Balaban J connectivity index is 0.00000121. The summed E-state index contributed by atoms with van der Waals surface area (Å²) in [5, 5.41) is 8.81. The fraction of sp³-hybridized carbons (Fsp3) is 0.625. The molecule has 1 rings (SSSR count). The SMILES string of the molecule is C=CC[N+]1(CCO)C=NCC1.[Cl-]. The first-order valence-corrected chi connectivity index (χ1v) is 3.91. The Morgan fingerprint density at radius 1 is 1.67 bits per heavy atom. The van der Waals surface area contributed by atoms with Gasteiger partial charge in [0.25, 0.3) is 0 Å². The summed E-state index contributed by atoms with van der Waals surface area (Å²) < 4.78 is 0.778. The molecule has 0 spiro atoms. The molecule has 0 amide bonds. The van der Waals surface area contributed by atoms with Crippen LogP contribution in [0.2, 0.25) is 0 Å². The van der Waals surface area contributed by atoms with Crippen molar-refractivity contribution in [1.82, 2.24) is 0 Å². The average molecular weight is 191 g/mol. The molecule has 0 aromatic rings. The van der Waals surface area contributed by atoms with Crippen LogP contribution in [0.4, 0.5) is 0 Å². The first-order chi connectivity index (χ1) is 5.33. The lowest BCUT2D eigenvalue weighted by Crippen LogP contribution is -3.00. The van der Waals surface area contributed by atoms with Crippen molar-refractivity contribution in [3.63, 3.8) is 0 Å². The van der Waals surface area contributed by atoms with Gasteiger partial charge in [0, 0.05) is 0 Å². The minimum atomic E-state index is 0. The zero-order valence-electron chi connectivity index (χ0n) is 7.12. The van der Waals surface area contributed by atoms with Crippen LogP contribution < -0.4 is 12.4 Å². The summed E-state index contributed by atoms with van der Waals surface area (Å²) in [6.45, 7) is 7.44. The standard InChI is InChI=1S/C8H15N2O.ClH/c1-2-4-10(6-7-11)5-3-9-8-10;/h2,8,11H,1,3-7H2;1H/q+1;/p-1. The van der Waals surface area contributed by atoms with E-state index in [4.69, 9.17) is 5.11 Å². The lowest BCUT2D eigenvalue weighted by molar-refractivity contribution is -0.822. The number of halogens is 1. The summed E-state index contributed by atoms with van der Waals surface area (Å²) in [4.78, 5) is 4.16. The molecule has 1 heterocycles. The number of hydrogen-bond donors (Lipinski definition) is 1. The summed E-state index contributed by atoms with van der Waals surface area (Å²) >= 11 is 0. The van der Waals surface area contributed by atoms with Crippen molar-refractivity contribution in [3.05, 3.63) is 12.7 Å². The highest BCUT2D eigenvalue weighted by Gasteiger charge is 2.26. The summed E-state index contributed by atoms with van der Waals surface area (Å²) in [5.41, 5.74) is 0. The van der Waals surface area contributed by atoms with E-state index in [0.717, 1.165) is 30.7 Å². The number of aliphatic hydroxyl groups excluding tert-OH is 1. The first-order valence-electron chi connectivity index (χ1n) is 3.91. The molecule has 12 heavy (non-hydrogen) atoms. The van der Waals surface area contributed by atoms with Gasteiger partial charge in [0.1, 0.15) is 19.6 Å². The summed E-state index contributed by atoms with van der Waals surface area (Å²) in [6, 6.07) is 0. The molecule has 0 saturated heterocycles. The second-order valence-corrected chi connectivity index (χ2v) is 2.88. The zero-order chi connectivity index (χ0) is 8.16.